The van der Waals surface area contributed by atoms with Crippen molar-refractivity contribution >= 4 is 5.91 Å². The summed E-state index contributed by atoms with van der Waals surface area (Å²) < 4.78 is 6.05. The summed E-state index contributed by atoms with van der Waals surface area (Å²) in [5.74, 6) is 0.569. The number of amides is 1. The van der Waals surface area contributed by atoms with Gasteiger partial charge in [-0.15, -0.1) is 0 Å². The summed E-state index contributed by atoms with van der Waals surface area (Å²) in [5, 5.41) is 13.9. The number of carbonyl (C=O) groups is 1. The lowest BCUT2D eigenvalue weighted by molar-refractivity contribution is -0.605. The van der Waals surface area contributed by atoms with E-state index in [1.165, 1.54) is 24.5 Å². The fourth-order valence-electron chi connectivity index (χ4n) is 2.37. The number of nitrogens with zero attached hydrogens (tertiary/aromatic N) is 2. The second kappa shape index (κ2) is 7.60. The van der Waals surface area contributed by atoms with E-state index in [0.717, 1.165) is 11.3 Å². The molecule has 122 valence electrons. The molecule has 0 aliphatic rings. The molecule has 6 heteroatoms. The van der Waals surface area contributed by atoms with Gasteiger partial charge in [0.2, 0.25) is 0 Å². The molecule has 1 amide bonds. The molecule has 1 N–H and O–H groups in total. The van der Waals surface area contributed by atoms with Crippen LogP contribution in [0.15, 0.2) is 48.8 Å². The zero-order chi connectivity index (χ0) is 16.8. The molecule has 2 aromatic rings. The van der Waals surface area contributed by atoms with Crippen molar-refractivity contribution in [1.29, 1.82) is 0 Å². The highest BCUT2D eigenvalue weighted by atomic mass is 16.5. The summed E-state index contributed by atoms with van der Waals surface area (Å²) >= 11 is 0. The van der Waals surface area contributed by atoms with Gasteiger partial charge >= 0.3 is 0 Å². The Bertz CT molecular complexity index is 656. The van der Waals surface area contributed by atoms with Crippen molar-refractivity contribution in [3.63, 3.8) is 0 Å². The third kappa shape index (κ3) is 4.20. The van der Waals surface area contributed by atoms with Crippen LogP contribution < -0.4 is 14.8 Å². The topological polar surface area (TPSA) is 68.5 Å². The van der Waals surface area contributed by atoms with E-state index < -0.39 is 0 Å². The van der Waals surface area contributed by atoms with E-state index in [9.17, 15) is 10.0 Å². The van der Waals surface area contributed by atoms with Crippen LogP contribution in [0.1, 0.15) is 22.0 Å². The van der Waals surface area contributed by atoms with E-state index in [1.807, 2.05) is 43.3 Å². The molecule has 23 heavy (non-hydrogen) atoms. The first-order valence-corrected chi connectivity index (χ1v) is 7.29. The molecule has 2 rings (SSSR count). The van der Waals surface area contributed by atoms with Crippen LogP contribution in [0.4, 0.5) is 0 Å². The molecular weight excluding hydrogens is 294 g/mol. The number of aromatic nitrogens is 1. The van der Waals surface area contributed by atoms with Gasteiger partial charge in [-0.05, 0) is 20.2 Å². The molecule has 0 radical (unpaired) electrons. The van der Waals surface area contributed by atoms with Crippen LogP contribution in [0.3, 0.4) is 0 Å². The second-order valence-corrected chi connectivity index (χ2v) is 5.38. The number of nitrogens with one attached hydrogen (secondary N) is 1. The Morgan fingerprint density at radius 2 is 1.91 bits per heavy atom. The van der Waals surface area contributed by atoms with Crippen LogP contribution in [0.25, 0.3) is 0 Å². The standard InChI is InChI=1S/C17H21N3O3/c1-19(2)15(14-6-4-5-7-16(14)23-3)12-18-17(21)13-8-10-20(22)11-9-13/h4-11,15H,12H2,1-3H3,(H,18,21)/t15-/m1/s1. The Morgan fingerprint density at radius 3 is 2.52 bits per heavy atom. The summed E-state index contributed by atoms with van der Waals surface area (Å²) in [6.45, 7) is 0.429. The summed E-state index contributed by atoms with van der Waals surface area (Å²) in [7, 11) is 5.53. The van der Waals surface area contributed by atoms with E-state index in [0.29, 0.717) is 16.8 Å². The molecule has 0 bridgehead atoms. The Labute approximate surface area is 135 Å². The molecule has 6 nitrogen and oxygen atoms in total. The Hall–Kier alpha value is -2.60. The molecule has 1 aromatic carbocycles. The summed E-state index contributed by atoms with van der Waals surface area (Å²) in [4.78, 5) is 14.2. The zero-order valence-electron chi connectivity index (χ0n) is 13.5. The second-order valence-electron chi connectivity index (χ2n) is 5.38. The molecule has 0 unspecified atom stereocenters. The van der Waals surface area contributed by atoms with Gasteiger partial charge in [-0.2, -0.15) is 4.73 Å². The van der Waals surface area contributed by atoms with Gasteiger partial charge < -0.3 is 20.2 Å². The molecule has 1 atom stereocenters. The predicted octanol–water partition coefficient (Wildman–Crippen LogP) is 1.36. The molecule has 0 saturated heterocycles. The van der Waals surface area contributed by atoms with Crippen molar-refractivity contribution in [3.8, 4) is 5.75 Å². The highest BCUT2D eigenvalue weighted by Crippen LogP contribution is 2.27. The van der Waals surface area contributed by atoms with Gasteiger partial charge in [0.05, 0.1) is 18.7 Å². The quantitative estimate of drug-likeness (QED) is 0.645. The number of pyridine rings is 1. The third-order valence-corrected chi connectivity index (χ3v) is 3.64. The minimum Gasteiger partial charge on any atom is -0.619 e. The minimum atomic E-state index is -0.215. The molecule has 1 aromatic heterocycles. The first-order valence-electron chi connectivity index (χ1n) is 7.29. The van der Waals surface area contributed by atoms with E-state index >= 15 is 0 Å². The van der Waals surface area contributed by atoms with Gasteiger partial charge in [0.1, 0.15) is 5.75 Å². The largest absolute Gasteiger partial charge is 0.619 e. The monoisotopic (exact) mass is 315 g/mol. The summed E-state index contributed by atoms with van der Waals surface area (Å²) in [5.41, 5.74) is 1.46. The Kier molecular flexibility index (Phi) is 5.54. The molecule has 0 spiro atoms. The van der Waals surface area contributed by atoms with Gasteiger partial charge in [0.15, 0.2) is 12.4 Å². The normalized spacial score (nSPS) is 12.0. The molecule has 0 aliphatic carbocycles. The van der Waals surface area contributed by atoms with E-state index in [2.05, 4.69) is 5.32 Å². The number of ether oxygens (including phenoxy) is 1. The number of methoxy groups -OCH3 is 1. The third-order valence-electron chi connectivity index (χ3n) is 3.64. The average molecular weight is 315 g/mol. The van der Waals surface area contributed by atoms with E-state index in [1.54, 1.807) is 7.11 Å². The zero-order valence-corrected chi connectivity index (χ0v) is 13.5. The maximum atomic E-state index is 12.2. The summed E-state index contributed by atoms with van der Waals surface area (Å²) in [6, 6.07) is 10.7. The maximum Gasteiger partial charge on any atom is 0.251 e. The molecule has 1 heterocycles. The van der Waals surface area contributed by atoms with Crippen molar-refractivity contribution in [1.82, 2.24) is 10.2 Å². The van der Waals surface area contributed by atoms with Gasteiger partial charge in [0.25, 0.3) is 5.91 Å². The Balaban J connectivity index is 2.11. The number of benzene rings is 1. The van der Waals surface area contributed by atoms with Gasteiger partial charge in [-0.3, -0.25) is 4.79 Å². The first kappa shape index (κ1) is 16.8. The number of likely N-dealkylation sites (N-methyl/N-ethyl adjacent to an activating group) is 1. The van der Waals surface area contributed by atoms with Crippen LogP contribution in [-0.2, 0) is 0 Å². The van der Waals surface area contributed by atoms with Gasteiger partial charge in [0, 0.05) is 24.2 Å². The van der Waals surface area contributed by atoms with Crippen LogP contribution in [0.5, 0.6) is 5.75 Å². The molecule has 0 fully saturated rings. The number of carbonyl (C=O) groups excluding carboxylic acids is 1. The minimum absolute atomic E-state index is 0.0248. The van der Waals surface area contributed by atoms with Crippen molar-refractivity contribution in [3.05, 3.63) is 65.1 Å². The highest BCUT2D eigenvalue weighted by Gasteiger charge is 2.19. The lowest BCUT2D eigenvalue weighted by Crippen LogP contribution is -2.35. The fourth-order valence-corrected chi connectivity index (χ4v) is 2.37. The van der Waals surface area contributed by atoms with Crippen molar-refractivity contribution < 1.29 is 14.3 Å². The van der Waals surface area contributed by atoms with Crippen LogP contribution in [-0.4, -0.2) is 38.6 Å². The molecule has 0 saturated carbocycles. The highest BCUT2D eigenvalue weighted by molar-refractivity contribution is 5.93. The van der Waals surface area contributed by atoms with E-state index in [-0.39, 0.29) is 11.9 Å². The smallest absolute Gasteiger partial charge is 0.251 e. The lowest BCUT2D eigenvalue weighted by atomic mass is 10.0. The number of rotatable bonds is 6. The number of para-hydroxylation sites is 1. The van der Waals surface area contributed by atoms with Crippen LogP contribution in [0.2, 0.25) is 0 Å². The number of hydrogen-bond donors (Lipinski definition) is 1. The first-order chi connectivity index (χ1) is 11.0. The van der Waals surface area contributed by atoms with Crippen molar-refractivity contribution in [2.75, 3.05) is 27.7 Å². The van der Waals surface area contributed by atoms with Gasteiger partial charge in [-0.1, -0.05) is 18.2 Å². The van der Waals surface area contributed by atoms with Crippen molar-refractivity contribution in [2.45, 2.75) is 6.04 Å². The fraction of sp³-hybridized carbons (Fsp3) is 0.294. The van der Waals surface area contributed by atoms with Gasteiger partial charge in [-0.25, -0.2) is 0 Å². The SMILES string of the molecule is COc1ccccc1[C@@H](CNC(=O)c1cc[n+]([O-])cc1)N(C)C. The van der Waals surface area contributed by atoms with E-state index in [4.69, 9.17) is 4.74 Å². The lowest BCUT2D eigenvalue weighted by Gasteiger charge is -2.26. The predicted molar refractivity (Wildman–Crippen MR) is 87.2 cm³/mol. The van der Waals surface area contributed by atoms with Crippen LogP contribution >= 0.6 is 0 Å². The molecular formula is C17H21N3O3. The average Bonchev–Trinajstić information content (AvgIpc) is 2.55. The Morgan fingerprint density at radius 1 is 1.26 bits per heavy atom. The van der Waals surface area contributed by atoms with Crippen LogP contribution in [0, 0.1) is 5.21 Å². The number of hydrogen-bond acceptors (Lipinski definition) is 4. The molecule has 0 aliphatic heterocycles. The summed E-state index contributed by atoms with van der Waals surface area (Å²) in [6.07, 6.45) is 2.61. The maximum absolute atomic E-state index is 12.2. The van der Waals surface area contributed by atoms with Crippen molar-refractivity contribution in [2.24, 2.45) is 0 Å².